The Balaban J connectivity index is 1.39. The Hall–Kier alpha value is -3.65. The number of hydroxylamine groups is 1. The summed E-state index contributed by atoms with van der Waals surface area (Å²) in [7, 11) is 1.57. The van der Waals surface area contributed by atoms with Gasteiger partial charge in [0.15, 0.2) is 5.76 Å². The standard InChI is InChI=1S/C24H25N3O5/c1-16(22(28)25-30)27(2)23(29)24(12-13-24)18-8-10-19(11-9-18)31-15-20-14-21(26-32-20)17-6-4-3-5-7-17/h3-11,14,16,30H,12-13,15H2,1-2H3,(H,25,28)/t16-/m0/s1. The highest BCUT2D eigenvalue weighted by atomic mass is 16.5. The van der Waals surface area contributed by atoms with E-state index < -0.39 is 17.4 Å². The number of ether oxygens (including phenoxy) is 1. The van der Waals surface area contributed by atoms with Gasteiger partial charge in [0.2, 0.25) is 5.91 Å². The molecule has 1 fully saturated rings. The Morgan fingerprint density at radius 2 is 1.88 bits per heavy atom. The van der Waals surface area contributed by atoms with Crippen molar-refractivity contribution in [3.05, 3.63) is 72.0 Å². The minimum Gasteiger partial charge on any atom is -0.486 e. The summed E-state index contributed by atoms with van der Waals surface area (Å²) < 4.78 is 11.2. The molecule has 1 heterocycles. The Labute approximate surface area is 185 Å². The smallest absolute Gasteiger partial charge is 0.265 e. The largest absolute Gasteiger partial charge is 0.486 e. The zero-order valence-corrected chi connectivity index (χ0v) is 17.9. The Bertz CT molecular complexity index is 1090. The average Bonchev–Trinajstić information content (AvgIpc) is 3.52. The number of benzene rings is 2. The normalized spacial score (nSPS) is 15.0. The summed E-state index contributed by atoms with van der Waals surface area (Å²) in [5.41, 5.74) is 3.57. The first-order valence-corrected chi connectivity index (χ1v) is 10.4. The molecule has 1 saturated carbocycles. The van der Waals surface area contributed by atoms with Gasteiger partial charge >= 0.3 is 0 Å². The summed E-state index contributed by atoms with van der Waals surface area (Å²) in [4.78, 5) is 26.1. The molecule has 1 atom stereocenters. The van der Waals surface area contributed by atoms with Crippen LogP contribution < -0.4 is 10.2 Å². The first-order valence-electron chi connectivity index (χ1n) is 10.4. The summed E-state index contributed by atoms with van der Waals surface area (Å²) in [6, 6.07) is 18.2. The number of aromatic nitrogens is 1. The summed E-state index contributed by atoms with van der Waals surface area (Å²) in [5.74, 6) is 0.496. The molecule has 1 aliphatic rings. The molecule has 0 saturated heterocycles. The molecule has 0 unspecified atom stereocenters. The lowest BCUT2D eigenvalue weighted by molar-refractivity contribution is -0.143. The predicted molar refractivity (Wildman–Crippen MR) is 116 cm³/mol. The van der Waals surface area contributed by atoms with E-state index in [-0.39, 0.29) is 12.5 Å². The maximum Gasteiger partial charge on any atom is 0.265 e. The Morgan fingerprint density at radius 3 is 2.50 bits per heavy atom. The first-order chi connectivity index (χ1) is 15.4. The minimum atomic E-state index is -0.768. The van der Waals surface area contributed by atoms with Crippen LogP contribution in [0.2, 0.25) is 0 Å². The maximum atomic E-state index is 13.0. The lowest BCUT2D eigenvalue weighted by atomic mass is 9.94. The second kappa shape index (κ2) is 8.84. The topological polar surface area (TPSA) is 105 Å². The summed E-state index contributed by atoms with van der Waals surface area (Å²) in [6.45, 7) is 1.81. The third-order valence-electron chi connectivity index (χ3n) is 5.97. The molecule has 2 aromatic carbocycles. The van der Waals surface area contributed by atoms with Crippen molar-refractivity contribution in [1.82, 2.24) is 15.5 Å². The van der Waals surface area contributed by atoms with Gasteiger partial charge in [-0.25, -0.2) is 5.48 Å². The van der Waals surface area contributed by atoms with Gasteiger partial charge in [0.25, 0.3) is 5.91 Å². The number of nitrogens with one attached hydrogen (secondary N) is 1. The van der Waals surface area contributed by atoms with E-state index in [1.54, 1.807) is 19.5 Å². The maximum absolute atomic E-state index is 13.0. The number of hydrogen-bond acceptors (Lipinski definition) is 6. The van der Waals surface area contributed by atoms with Crippen LogP contribution >= 0.6 is 0 Å². The van der Waals surface area contributed by atoms with E-state index in [1.165, 1.54) is 4.90 Å². The summed E-state index contributed by atoms with van der Waals surface area (Å²) in [6.07, 6.45) is 1.42. The molecular weight excluding hydrogens is 410 g/mol. The van der Waals surface area contributed by atoms with E-state index in [9.17, 15) is 9.59 Å². The van der Waals surface area contributed by atoms with Gasteiger partial charge in [0.1, 0.15) is 24.1 Å². The molecule has 166 valence electrons. The Kier molecular flexibility index (Phi) is 5.96. The molecule has 1 aromatic heterocycles. The van der Waals surface area contributed by atoms with Gasteiger partial charge in [0, 0.05) is 18.7 Å². The molecule has 0 bridgehead atoms. The van der Waals surface area contributed by atoms with Gasteiger partial charge < -0.3 is 14.2 Å². The van der Waals surface area contributed by atoms with E-state index in [0.717, 1.165) is 16.8 Å². The first kappa shape index (κ1) is 21.6. The number of carbonyl (C=O) groups excluding carboxylic acids is 2. The van der Waals surface area contributed by atoms with Crippen LogP contribution in [-0.4, -0.2) is 40.2 Å². The number of likely N-dealkylation sites (N-methyl/N-ethyl adjacent to an activating group) is 1. The van der Waals surface area contributed by atoms with Gasteiger partial charge in [-0.15, -0.1) is 0 Å². The fraction of sp³-hybridized carbons (Fsp3) is 0.292. The van der Waals surface area contributed by atoms with Crippen molar-refractivity contribution in [3.8, 4) is 17.0 Å². The van der Waals surface area contributed by atoms with Gasteiger partial charge in [0.05, 0.1) is 5.41 Å². The third-order valence-corrected chi connectivity index (χ3v) is 5.97. The van der Waals surface area contributed by atoms with Gasteiger partial charge in [-0.3, -0.25) is 14.8 Å². The number of rotatable bonds is 8. The van der Waals surface area contributed by atoms with Crippen molar-refractivity contribution in [3.63, 3.8) is 0 Å². The number of amides is 2. The molecule has 0 radical (unpaired) electrons. The molecule has 0 aliphatic heterocycles. The van der Waals surface area contributed by atoms with Crippen LogP contribution in [0.4, 0.5) is 0 Å². The van der Waals surface area contributed by atoms with E-state index in [4.69, 9.17) is 14.5 Å². The number of hydrogen-bond donors (Lipinski definition) is 2. The molecule has 0 spiro atoms. The summed E-state index contributed by atoms with van der Waals surface area (Å²) >= 11 is 0. The predicted octanol–water partition coefficient (Wildman–Crippen LogP) is 3.30. The molecule has 3 aromatic rings. The molecule has 2 N–H and O–H groups in total. The molecule has 8 heteroatoms. The van der Waals surface area contributed by atoms with Crippen LogP contribution in [0.1, 0.15) is 31.1 Å². The molecule has 1 aliphatic carbocycles. The van der Waals surface area contributed by atoms with Crippen LogP contribution in [0.15, 0.2) is 65.2 Å². The average molecular weight is 435 g/mol. The minimum absolute atomic E-state index is 0.141. The van der Waals surface area contributed by atoms with Crippen molar-refractivity contribution < 1.29 is 24.1 Å². The van der Waals surface area contributed by atoms with Crippen molar-refractivity contribution in [1.29, 1.82) is 0 Å². The Morgan fingerprint density at radius 1 is 1.19 bits per heavy atom. The zero-order valence-electron chi connectivity index (χ0n) is 17.9. The van der Waals surface area contributed by atoms with Crippen molar-refractivity contribution in [2.75, 3.05) is 7.05 Å². The van der Waals surface area contributed by atoms with Crippen LogP contribution in [-0.2, 0) is 21.6 Å². The van der Waals surface area contributed by atoms with Crippen molar-refractivity contribution >= 4 is 11.8 Å². The number of carbonyl (C=O) groups is 2. The number of nitrogens with zero attached hydrogens (tertiary/aromatic N) is 2. The lowest BCUT2D eigenvalue weighted by Crippen LogP contribution is -2.48. The second-order valence-electron chi connectivity index (χ2n) is 8.01. The van der Waals surface area contributed by atoms with Crippen LogP contribution in [0.3, 0.4) is 0 Å². The van der Waals surface area contributed by atoms with E-state index in [1.807, 2.05) is 60.7 Å². The lowest BCUT2D eigenvalue weighted by Gasteiger charge is -2.28. The van der Waals surface area contributed by atoms with Gasteiger partial charge in [-0.1, -0.05) is 47.6 Å². The van der Waals surface area contributed by atoms with E-state index in [0.29, 0.717) is 24.4 Å². The molecule has 2 amide bonds. The highest BCUT2D eigenvalue weighted by molar-refractivity contribution is 5.94. The highest BCUT2D eigenvalue weighted by Crippen LogP contribution is 2.50. The van der Waals surface area contributed by atoms with Gasteiger partial charge in [-0.05, 0) is 37.5 Å². The third kappa shape index (κ3) is 4.22. The molecule has 32 heavy (non-hydrogen) atoms. The molecule has 4 rings (SSSR count). The van der Waals surface area contributed by atoms with E-state index >= 15 is 0 Å². The molecule has 8 nitrogen and oxygen atoms in total. The fourth-order valence-electron chi connectivity index (χ4n) is 3.68. The highest BCUT2D eigenvalue weighted by Gasteiger charge is 2.53. The monoisotopic (exact) mass is 435 g/mol. The van der Waals surface area contributed by atoms with Crippen LogP contribution in [0, 0.1) is 0 Å². The van der Waals surface area contributed by atoms with Crippen LogP contribution in [0.5, 0.6) is 5.75 Å². The fourth-order valence-corrected chi connectivity index (χ4v) is 3.68. The van der Waals surface area contributed by atoms with Gasteiger partial charge in [-0.2, -0.15) is 0 Å². The SMILES string of the molecule is C[C@@H](C(=O)NO)N(C)C(=O)C1(c2ccc(OCc3cc(-c4ccccc4)no3)cc2)CC1. The molecular formula is C24H25N3O5. The van der Waals surface area contributed by atoms with Crippen LogP contribution in [0.25, 0.3) is 11.3 Å². The van der Waals surface area contributed by atoms with E-state index in [2.05, 4.69) is 5.16 Å². The second-order valence-corrected chi connectivity index (χ2v) is 8.01. The summed E-state index contributed by atoms with van der Waals surface area (Å²) in [5, 5.41) is 12.9. The van der Waals surface area contributed by atoms with Crippen molar-refractivity contribution in [2.24, 2.45) is 0 Å². The van der Waals surface area contributed by atoms with Crippen molar-refractivity contribution in [2.45, 2.75) is 37.8 Å². The quantitative estimate of drug-likeness (QED) is 0.416. The zero-order chi connectivity index (χ0) is 22.7.